The third-order valence-electron chi connectivity index (χ3n) is 9.11. The van der Waals surface area contributed by atoms with Gasteiger partial charge in [0.15, 0.2) is 0 Å². The van der Waals surface area contributed by atoms with Crippen molar-refractivity contribution in [2.24, 2.45) is 0 Å². The fourth-order valence-corrected chi connectivity index (χ4v) is 6.62. The Kier molecular flexibility index (Phi) is 11.4. The summed E-state index contributed by atoms with van der Waals surface area (Å²) in [6, 6.07) is 13.0. The number of nitrogens with one attached hydrogen (secondary N) is 5. The molecule has 14 heteroatoms. The van der Waals surface area contributed by atoms with Crippen LogP contribution in [0.25, 0.3) is 22.5 Å². The number of amides is 3. The number of pyridine rings is 3. The monoisotopic (exact) mass is 712 g/mol. The van der Waals surface area contributed by atoms with E-state index in [0.717, 1.165) is 35.1 Å². The number of methoxy groups -OCH3 is 2. The van der Waals surface area contributed by atoms with E-state index in [0.29, 0.717) is 78.3 Å². The molecule has 0 spiro atoms. The van der Waals surface area contributed by atoms with Crippen LogP contribution in [0.15, 0.2) is 54.9 Å². The fourth-order valence-electron chi connectivity index (χ4n) is 6.31. The molecule has 5 N–H and O–H groups in total. The van der Waals surface area contributed by atoms with Gasteiger partial charge in [0.1, 0.15) is 11.4 Å². The second-order valence-electron chi connectivity index (χ2n) is 12.6. The minimum atomic E-state index is -0.395. The fraction of sp³-hybridized carbons (Fsp3) is 0.351. The van der Waals surface area contributed by atoms with E-state index in [4.69, 9.17) is 26.1 Å². The Hall–Kier alpha value is -5.11. The van der Waals surface area contributed by atoms with Gasteiger partial charge in [0.2, 0.25) is 17.7 Å². The third kappa shape index (κ3) is 8.44. The molecule has 2 aliphatic rings. The number of rotatable bonds is 14. The zero-order valence-corrected chi connectivity index (χ0v) is 29.5. The van der Waals surface area contributed by atoms with Crippen molar-refractivity contribution in [2.45, 2.75) is 57.8 Å². The molecule has 5 heterocycles. The first-order chi connectivity index (χ1) is 24.7. The van der Waals surface area contributed by atoms with E-state index in [2.05, 4.69) is 36.6 Å². The smallest absolute Gasteiger partial charge is 0.274 e. The average molecular weight is 713 g/mol. The second kappa shape index (κ2) is 16.3. The zero-order chi connectivity index (χ0) is 35.9. The van der Waals surface area contributed by atoms with Gasteiger partial charge in [-0.25, -0.2) is 4.98 Å². The summed E-state index contributed by atoms with van der Waals surface area (Å²) in [7, 11) is 3.13. The number of benzene rings is 1. The van der Waals surface area contributed by atoms with E-state index in [-0.39, 0.29) is 29.6 Å². The predicted molar refractivity (Wildman–Crippen MR) is 194 cm³/mol. The number of aromatic nitrogens is 3. The van der Waals surface area contributed by atoms with Crippen molar-refractivity contribution in [3.63, 3.8) is 0 Å². The maximum atomic E-state index is 13.4. The molecule has 2 atom stereocenters. The van der Waals surface area contributed by atoms with E-state index in [1.165, 1.54) is 0 Å². The van der Waals surface area contributed by atoms with Crippen molar-refractivity contribution in [3.05, 3.63) is 82.3 Å². The highest BCUT2D eigenvalue weighted by molar-refractivity contribution is 6.35. The van der Waals surface area contributed by atoms with Crippen LogP contribution in [0.5, 0.6) is 11.6 Å². The number of hydrogen-bond acceptors (Lipinski definition) is 10. The molecular formula is C37H41ClN8O5. The van der Waals surface area contributed by atoms with Crippen LogP contribution >= 0.6 is 11.6 Å². The number of carbonyl (C=O) groups excluding carboxylic acids is 3. The van der Waals surface area contributed by atoms with Crippen LogP contribution in [0.2, 0.25) is 5.02 Å². The molecule has 6 rings (SSSR count). The first-order valence-corrected chi connectivity index (χ1v) is 17.2. The highest BCUT2D eigenvalue weighted by Crippen LogP contribution is 2.38. The van der Waals surface area contributed by atoms with Crippen LogP contribution in [0.4, 0.5) is 5.69 Å². The molecule has 266 valence electrons. The highest BCUT2D eigenvalue weighted by Gasteiger charge is 2.22. The molecule has 0 bridgehead atoms. The summed E-state index contributed by atoms with van der Waals surface area (Å²) in [5, 5.41) is 16.0. The van der Waals surface area contributed by atoms with Crippen LogP contribution < -0.4 is 36.1 Å². The number of nitrogens with zero attached hydrogens (tertiary/aromatic N) is 3. The normalized spacial score (nSPS) is 16.9. The molecule has 0 aliphatic carbocycles. The van der Waals surface area contributed by atoms with E-state index >= 15 is 0 Å². The maximum Gasteiger partial charge on any atom is 0.274 e. The molecule has 4 aromatic rings. The summed E-state index contributed by atoms with van der Waals surface area (Å²) in [6.45, 7) is 4.19. The Morgan fingerprint density at radius 1 is 0.902 bits per heavy atom. The molecular weight excluding hydrogens is 672 g/mol. The number of ether oxygens (including phenoxy) is 2. The van der Waals surface area contributed by atoms with Crippen LogP contribution in [-0.4, -0.2) is 72.1 Å². The van der Waals surface area contributed by atoms with Gasteiger partial charge in [-0.05, 0) is 43.5 Å². The molecule has 2 aliphatic heterocycles. The first kappa shape index (κ1) is 35.7. The molecule has 1 aromatic carbocycles. The molecule has 0 unspecified atom stereocenters. The zero-order valence-electron chi connectivity index (χ0n) is 28.8. The Bertz CT molecular complexity index is 1940. The number of hydrogen-bond donors (Lipinski definition) is 5. The Balaban J connectivity index is 1.15. The van der Waals surface area contributed by atoms with Crippen LogP contribution in [0.3, 0.4) is 0 Å². The molecule has 0 saturated carbocycles. The van der Waals surface area contributed by atoms with Crippen molar-refractivity contribution < 1.29 is 23.9 Å². The molecule has 3 aromatic heterocycles. The summed E-state index contributed by atoms with van der Waals surface area (Å²) >= 11 is 7.01. The van der Waals surface area contributed by atoms with Crippen molar-refractivity contribution in [1.82, 2.24) is 36.2 Å². The van der Waals surface area contributed by atoms with E-state index in [9.17, 15) is 14.4 Å². The number of anilines is 1. The summed E-state index contributed by atoms with van der Waals surface area (Å²) in [4.78, 5) is 50.1. The van der Waals surface area contributed by atoms with Gasteiger partial charge in [0.25, 0.3) is 5.91 Å². The summed E-state index contributed by atoms with van der Waals surface area (Å²) in [5.74, 6) is 0.769. The first-order valence-electron chi connectivity index (χ1n) is 16.9. The standard InChI is InChI=1S/C37H41ClN8O5/c1-21-26(5-4-6-28(21)45-36(49)30-15-31(50-2)23(18-42-30)17-40-20-25-9-12-33(48)44-25)35-34(38)27(13-14-41-35)29-10-7-22(37(46-29)51-3)16-39-19-24-8-11-32(47)43-24/h4-7,10,13-15,18,24-25,39-40H,8-9,11-12,16-17,19-20H2,1-3H3,(H,43,47)(H,44,48)(H,45,49)/t24-,25+/m0/s1. The van der Waals surface area contributed by atoms with E-state index < -0.39 is 5.91 Å². The predicted octanol–water partition coefficient (Wildman–Crippen LogP) is 4.17. The third-order valence-corrected chi connectivity index (χ3v) is 9.50. The van der Waals surface area contributed by atoms with Gasteiger partial charge in [-0.3, -0.25) is 24.4 Å². The maximum absolute atomic E-state index is 13.4. The van der Waals surface area contributed by atoms with Crippen molar-refractivity contribution in [3.8, 4) is 34.1 Å². The summed E-state index contributed by atoms with van der Waals surface area (Å²) in [5.41, 5.74) is 5.83. The van der Waals surface area contributed by atoms with E-state index in [1.54, 1.807) is 38.7 Å². The quantitative estimate of drug-likeness (QED) is 0.128. The lowest BCUT2D eigenvalue weighted by atomic mass is 10.0. The Morgan fingerprint density at radius 2 is 1.61 bits per heavy atom. The summed E-state index contributed by atoms with van der Waals surface area (Å²) < 4.78 is 11.2. The van der Waals surface area contributed by atoms with Gasteiger partial charge in [-0.1, -0.05) is 29.8 Å². The lowest BCUT2D eigenvalue weighted by molar-refractivity contribution is -0.120. The van der Waals surface area contributed by atoms with Crippen molar-refractivity contribution >= 4 is 35.0 Å². The lowest BCUT2D eigenvalue weighted by Crippen LogP contribution is -2.35. The number of carbonyl (C=O) groups is 3. The lowest BCUT2D eigenvalue weighted by Gasteiger charge is -2.16. The minimum Gasteiger partial charge on any atom is -0.496 e. The Labute approximate surface area is 301 Å². The minimum absolute atomic E-state index is 0.0725. The molecule has 0 radical (unpaired) electrons. The molecule has 51 heavy (non-hydrogen) atoms. The highest BCUT2D eigenvalue weighted by atomic mass is 35.5. The van der Waals surface area contributed by atoms with Gasteiger partial charge < -0.3 is 36.1 Å². The van der Waals surface area contributed by atoms with Crippen LogP contribution in [0, 0.1) is 6.92 Å². The van der Waals surface area contributed by atoms with Crippen molar-refractivity contribution in [1.29, 1.82) is 0 Å². The van der Waals surface area contributed by atoms with Gasteiger partial charge in [0, 0.05) is 97.5 Å². The molecule has 13 nitrogen and oxygen atoms in total. The molecule has 2 fully saturated rings. The largest absolute Gasteiger partial charge is 0.496 e. The Morgan fingerprint density at radius 3 is 2.25 bits per heavy atom. The van der Waals surface area contributed by atoms with Gasteiger partial charge in [-0.15, -0.1) is 0 Å². The van der Waals surface area contributed by atoms with Crippen LogP contribution in [0.1, 0.15) is 52.9 Å². The van der Waals surface area contributed by atoms with Gasteiger partial charge >= 0.3 is 0 Å². The van der Waals surface area contributed by atoms with Gasteiger partial charge in [0.05, 0.1) is 30.6 Å². The summed E-state index contributed by atoms with van der Waals surface area (Å²) in [6.07, 6.45) is 6.03. The second-order valence-corrected chi connectivity index (χ2v) is 12.9. The average Bonchev–Trinajstić information content (AvgIpc) is 3.76. The molecule has 2 saturated heterocycles. The SMILES string of the molecule is COc1cc(C(=O)Nc2cccc(-c3nccc(-c4ccc(CNC[C@@H]5CCC(=O)N5)c(OC)n4)c3Cl)c2C)ncc1CNC[C@H]1CCC(=O)N1. The number of halogens is 1. The molecule has 3 amide bonds. The topological polar surface area (TPSA) is 168 Å². The van der Waals surface area contributed by atoms with Gasteiger partial charge in [-0.2, -0.15) is 0 Å². The van der Waals surface area contributed by atoms with Crippen LogP contribution in [-0.2, 0) is 22.7 Å². The van der Waals surface area contributed by atoms with Crippen molar-refractivity contribution in [2.75, 3.05) is 32.6 Å². The van der Waals surface area contributed by atoms with E-state index in [1.807, 2.05) is 37.3 Å².